The fourth-order valence-electron chi connectivity index (χ4n) is 3.37. The molecule has 0 aliphatic rings. The van der Waals surface area contributed by atoms with Crippen LogP contribution in [0.2, 0.25) is 0 Å². The summed E-state index contributed by atoms with van der Waals surface area (Å²) in [5.74, 6) is 1.56. The van der Waals surface area contributed by atoms with E-state index in [1.807, 2.05) is 54.8 Å². The predicted octanol–water partition coefficient (Wildman–Crippen LogP) is 5.61. The van der Waals surface area contributed by atoms with Crippen LogP contribution in [0.1, 0.15) is 44.4 Å². The summed E-state index contributed by atoms with van der Waals surface area (Å²) < 4.78 is 7.64. The van der Waals surface area contributed by atoms with E-state index in [0.29, 0.717) is 0 Å². The van der Waals surface area contributed by atoms with Crippen molar-refractivity contribution in [3.63, 3.8) is 0 Å². The van der Waals surface area contributed by atoms with Crippen molar-refractivity contribution < 1.29 is 9.84 Å². The molecule has 0 fully saturated rings. The maximum absolute atomic E-state index is 10.1. The van der Waals surface area contributed by atoms with Crippen molar-refractivity contribution in [2.45, 2.75) is 39.4 Å². The van der Waals surface area contributed by atoms with Crippen LogP contribution >= 0.6 is 0 Å². The summed E-state index contributed by atoms with van der Waals surface area (Å²) in [5, 5.41) is 10.1. The Balaban J connectivity index is 1.54. The van der Waals surface area contributed by atoms with Gasteiger partial charge >= 0.3 is 0 Å². The van der Waals surface area contributed by atoms with E-state index in [0.717, 1.165) is 39.3 Å². The average molecular weight is 414 g/mol. The first-order valence-electron chi connectivity index (χ1n) is 10.4. The quantitative estimate of drug-likeness (QED) is 0.418. The highest BCUT2D eigenvalue weighted by atomic mass is 16.5. The minimum Gasteiger partial charge on any atom is -0.489 e. The van der Waals surface area contributed by atoms with Crippen LogP contribution in [0, 0.1) is 0 Å². The molecule has 2 aromatic heterocycles. The average Bonchev–Trinajstić information content (AvgIpc) is 3.15. The monoisotopic (exact) mass is 413 g/mol. The van der Waals surface area contributed by atoms with Crippen LogP contribution in [0.25, 0.3) is 29.0 Å². The first kappa shape index (κ1) is 20.8. The lowest BCUT2D eigenvalue weighted by Gasteiger charge is -2.17. The number of ether oxygens (including phenoxy) is 1. The molecule has 0 aliphatic heterocycles. The van der Waals surface area contributed by atoms with Crippen LogP contribution in [0.15, 0.2) is 67.1 Å². The largest absolute Gasteiger partial charge is 0.489 e. The number of hydrogen-bond acceptors (Lipinski definition) is 4. The lowest BCUT2D eigenvalue weighted by molar-refractivity contribution is 0.0786. The number of aliphatic hydroxyl groups is 1. The van der Waals surface area contributed by atoms with Gasteiger partial charge in [-0.15, -0.1) is 0 Å². The van der Waals surface area contributed by atoms with Crippen molar-refractivity contribution in [3.8, 4) is 11.6 Å². The number of rotatable bonds is 6. The molecule has 0 aliphatic carbocycles. The van der Waals surface area contributed by atoms with E-state index in [1.165, 1.54) is 0 Å². The van der Waals surface area contributed by atoms with Gasteiger partial charge in [0.2, 0.25) is 0 Å². The molecule has 5 nitrogen and oxygen atoms in total. The topological polar surface area (TPSA) is 60.2 Å². The van der Waals surface area contributed by atoms with Crippen LogP contribution in [0.4, 0.5) is 0 Å². The molecule has 0 atom stereocenters. The first-order chi connectivity index (χ1) is 14.8. The Bertz CT molecular complexity index is 1200. The molecule has 1 N–H and O–H groups in total. The van der Waals surface area contributed by atoms with Crippen LogP contribution in [0.5, 0.6) is 5.75 Å². The zero-order valence-corrected chi connectivity index (χ0v) is 18.3. The number of aromatic nitrogens is 3. The van der Waals surface area contributed by atoms with Crippen LogP contribution in [-0.4, -0.2) is 25.7 Å². The van der Waals surface area contributed by atoms with Crippen molar-refractivity contribution in [1.29, 1.82) is 0 Å². The maximum atomic E-state index is 10.1. The smallest absolute Gasteiger partial charge is 0.138 e. The number of pyridine rings is 1. The normalized spacial score (nSPS) is 12.2. The molecular formula is C26H27N3O2. The highest BCUT2D eigenvalue weighted by Gasteiger charge is 2.14. The van der Waals surface area contributed by atoms with E-state index in [4.69, 9.17) is 4.74 Å². The fraction of sp³-hybridized carbons (Fsp3) is 0.231. The summed E-state index contributed by atoms with van der Waals surface area (Å²) in [7, 11) is 0. The molecule has 4 rings (SSSR count). The molecule has 158 valence electrons. The number of nitrogens with zero attached hydrogens (tertiary/aromatic N) is 3. The zero-order valence-electron chi connectivity index (χ0n) is 18.3. The summed E-state index contributed by atoms with van der Waals surface area (Å²) in [6.45, 7) is 7.56. The van der Waals surface area contributed by atoms with Gasteiger partial charge in [0, 0.05) is 0 Å². The molecule has 5 heteroatoms. The Morgan fingerprint density at radius 1 is 0.935 bits per heavy atom. The summed E-state index contributed by atoms with van der Waals surface area (Å²) in [6, 6.07) is 18.0. The highest BCUT2D eigenvalue weighted by molar-refractivity contribution is 5.82. The lowest BCUT2D eigenvalue weighted by Crippen LogP contribution is -2.14. The van der Waals surface area contributed by atoms with Crippen molar-refractivity contribution >= 4 is 23.2 Å². The maximum Gasteiger partial charge on any atom is 0.138 e. The van der Waals surface area contributed by atoms with Crippen molar-refractivity contribution in [2.75, 3.05) is 0 Å². The van der Waals surface area contributed by atoms with Gasteiger partial charge in [0.1, 0.15) is 17.9 Å². The molecule has 0 saturated heterocycles. The van der Waals surface area contributed by atoms with Crippen molar-refractivity contribution in [3.05, 3.63) is 83.8 Å². The van der Waals surface area contributed by atoms with E-state index in [-0.39, 0.29) is 6.10 Å². The van der Waals surface area contributed by atoms with Gasteiger partial charge in [-0.05, 0) is 68.7 Å². The third-order valence-electron chi connectivity index (χ3n) is 5.00. The Labute approximate surface area is 182 Å². The van der Waals surface area contributed by atoms with Gasteiger partial charge in [-0.3, -0.25) is 4.57 Å². The molecule has 0 bridgehead atoms. The number of hydrogen-bond donors (Lipinski definition) is 1. The molecule has 0 saturated carbocycles. The Morgan fingerprint density at radius 2 is 1.65 bits per heavy atom. The van der Waals surface area contributed by atoms with E-state index >= 15 is 0 Å². The van der Waals surface area contributed by atoms with Crippen molar-refractivity contribution in [1.82, 2.24) is 14.5 Å². The third-order valence-corrected chi connectivity index (χ3v) is 5.00. The minimum atomic E-state index is -0.831. The number of benzene rings is 2. The van der Waals surface area contributed by atoms with Crippen LogP contribution < -0.4 is 4.74 Å². The molecular weight excluding hydrogens is 386 g/mol. The number of fused-ring (bicyclic) bond motifs is 1. The minimum absolute atomic E-state index is 0.118. The second-order valence-electron chi connectivity index (χ2n) is 8.40. The van der Waals surface area contributed by atoms with Gasteiger partial charge in [-0.1, -0.05) is 42.5 Å². The van der Waals surface area contributed by atoms with Gasteiger partial charge < -0.3 is 9.84 Å². The molecule has 2 aromatic carbocycles. The molecule has 0 radical (unpaired) electrons. The molecule has 0 unspecified atom stereocenters. The molecule has 0 amide bonds. The van der Waals surface area contributed by atoms with Gasteiger partial charge in [-0.2, -0.15) is 0 Å². The van der Waals surface area contributed by atoms with Gasteiger partial charge in [0.15, 0.2) is 0 Å². The lowest BCUT2D eigenvalue weighted by atomic mass is 9.97. The molecule has 0 spiro atoms. The summed E-state index contributed by atoms with van der Waals surface area (Å²) in [4.78, 5) is 9.06. The first-order valence-corrected chi connectivity index (χ1v) is 10.4. The van der Waals surface area contributed by atoms with Crippen molar-refractivity contribution in [2.24, 2.45) is 0 Å². The third kappa shape index (κ3) is 4.84. The molecule has 31 heavy (non-hydrogen) atoms. The molecule has 4 aromatic rings. The second-order valence-corrected chi connectivity index (χ2v) is 8.40. The van der Waals surface area contributed by atoms with Gasteiger partial charge in [-0.25, -0.2) is 9.97 Å². The number of imidazole rings is 1. The van der Waals surface area contributed by atoms with Crippen LogP contribution in [0.3, 0.4) is 0 Å². The highest BCUT2D eigenvalue weighted by Crippen LogP contribution is 2.23. The second kappa shape index (κ2) is 8.36. The van der Waals surface area contributed by atoms with E-state index in [1.54, 1.807) is 26.4 Å². The fourth-order valence-corrected chi connectivity index (χ4v) is 3.37. The summed E-state index contributed by atoms with van der Waals surface area (Å²) in [5.41, 5.74) is 4.11. The Hall–Kier alpha value is -3.44. The Morgan fingerprint density at radius 3 is 2.29 bits per heavy atom. The molecule has 2 heterocycles. The van der Waals surface area contributed by atoms with Gasteiger partial charge in [0.05, 0.1) is 28.9 Å². The SMILES string of the molecule is CC(C)Oc1ccc(-n2cnc3cc(/C=C\c4ccc(C(C)(C)O)cc4)ccc32)nc1. The summed E-state index contributed by atoms with van der Waals surface area (Å²) in [6.07, 6.45) is 7.77. The zero-order chi connectivity index (χ0) is 22.0. The standard InChI is InChI=1S/C26H27N3O2/c1-18(2)31-22-12-14-25(27-16-22)29-17-28-23-15-20(9-13-24(23)29)6-5-19-7-10-21(11-8-19)26(3,4)30/h5-18,30H,1-4H3/b6-5-. The van der Waals surface area contributed by atoms with E-state index in [9.17, 15) is 5.11 Å². The summed E-state index contributed by atoms with van der Waals surface area (Å²) >= 11 is 0. The van der Waals surface area contributed by atoms with E-state index in [2.05, 4.69) is 40.3 Å². The Kier molecular flexibility index (Phi) is 5.61. The van der Waals surface area contributed by atoms with E-state index < -0.39 is 5.60 Å². The van der Waals surface area contributed by atoms with Crippen LogP contribution in [-0.2, 0) is 5.60 Å². The predicted molar refractivity (Wildman–Crippen MR) is 125 cm³/mol. The van der Waals surface area contributed by atoms with Gasteiger partial charge in [0.25, 0.3) is 0 Å².